The number of amides is 1. The van der Waals surface area contributed by atoms with Crippen molar-refractivity contribution in [2.45, 2.75) is 17.3 Å². The minimum absolute atomic E-state index is 0.209. The Morgan fingerprint density at radius 1 is 1.08 bits per heavy atom. The molecule has 25 heavy (non-hydrogen) atoms. The maximum Gasteiger partial charge on any atom is 0.252 e. The molecule has 0 saturated carbocycles. The first kappa shape index (κ1) is 19.6. The van der Waals surface area contributed by atoms with E-state index in [1.807, 2.05) is 38.4 Å². The van der Waals surface area contributed by atoms with E-state index in [9.17, 15) is 13.2 Å². The predicted octanol–water partition coefficient (Wildman–Crippen LogP) is 1.75. The maximum absolute atomic E-state index is 12.3. The van der Waals surface area contributed by atoms with E-state index in [0.717, 1.165) is 27.8 Å². The molecular weight excluding hydrogens is 358 g/mol. The van der Waals surface area contributed by atoms with Gasteiger partial charge in [-0.1, -0.05) is 30.3 Å². The number of rotatable bonds is 8. The van der Waals surface area contributed by atoms with Gasteiger partial charge in [0.05, 0.1) is 6.54 Å². The molecule has 0 aliphatic heterocycles. The van der Waals surface area contributed by atoms with Crippen LogP contribution in [0.25, 0.3) is 0 Å². The smallest absolute Gasteiger partial charge is 0.252 e. The molecule has 1 N–H and O–H groups in total. The van der Waals surface area contributed by atoms with Crippen molar-refractivity contribution in [2.75, 3.05) is 27.7 Å². The van der Waals surface area contributed by atoms with E-state index in [1.54, 1.807) is 11.4 Å². The van der Waals surface area contributed by atoms with Crippen LogP contribution < -0.4 is 5.32 Å². The number of thiophene rings is 1. The molecule has 0 saturated heterocycles. The lowest BCUT2D eigenvalue weighted by molar-refractivity contribution is -0.121. The summed E-state index contributed by atoms with van der Waals surface area (Å²) < 4.78 is 25.9. The largest absolute Gasteiger partial charge is 0.351 e. The molecule has 1 aromatic heterocycles. The van der Waals surface area contributed by atoms with Gasteiger partial charge in [0, 0.05) is 20.1 Å². The van der Waals surface area contributed by atoms with Crippen LogP contribution in [-0.2, 0) is 27.9 Å². The Morgan fingerprint density at radius 3 is 2.28 bits per heavy atom. The molecule has 136 valence electrons. The van der Waals surface area contributed by atoms with Crippen molar-refractivity contribution in [2.24, 2.45) is 0 Å². The van der Waals surface area contributed by atoms with Gasteiger partial charge in [0.15, 0.2) is 0 Å². The first-order valence-electron chi connectivity index (χ1n) is 7.78. The first-order chi connectivity index (χ1) is 11.8. The third kappa shape index (κ3) is 5.64. The number of sulfonamides is 1. The molecule has 1 amide bonds. The summed E-state index contributed by atoms with van der Waals surface area (Å²) in [4.78, 5) is 14.1. The van der Waals surface area contributed by atoms with Crippen molar-refractivity contribution in [3.8, 4) is 0 Å². The highest BCUT2D eigenvalue weighted by Gasteiger charge is 2.23. The average molecular weight is 382 g/mol. The average Bonchev–Trinajstić information content (AvgIpc) is 3.09. The van der Waals surface area contributed by atoms with Crippen LogP contribution in [0.5, 0.6) is 0 Å². The van der Waals surface area contributed by atoms with Gasteiger partial charge in [-0.3, -0.25) is 4.79 Å². The fraction of sp³-hybridized carbons (Fsp3) is 0.353. The molecule has 0 aliphatic rings. The normalized spacial score (nSPS) is 11.9. The number of nitrogens with zero attached hydrogens (tertiary/aromatic N) is 2. The summed E-state index contributed by atoms with van der Waals surface area (Å²) in [7, 11) is 1.82. The minimum Gasteiger partial charge on any atom is -0.351 e. The highest BCUT2D eigenvalue weighted by Crippen LogP contribution is 2.19. The Hall–Kier alpha value is -1.74. The highest BCUT2D eigenvalue weighted by atomic mass is 32.2. The van der Waals surface area contributed by atoms with Crippen LogP contribution in [-0.4, -0.2) is 51.2 Å². The third-order valence-corrected chi connectivity index (χ3v) is 6.71. The SMILES string of the molecule is CN(C)Cc1ccc(CNC(=O)CN(C)S(=O)(=O)c2cccs2)cc1. The molecule has 6 nitrogen and oxygen atoms in total. The van der Waals surface area contributed by atoms with Crippen LogP contribution in [0.3, 0.4) is 0 Å². The van der Waals surface area contributed by atoms with Crippen LogP contribution in [0.4, 0.5) is 0 Å². The van der Waals surface area contributed by atoms with Gasteiger partial charge in [0.25, 0.3) is 10.0 Å². The van der Waals surface area contributed by atoms with Gasteiger partial charge < -0.3 is 10.2 Å². The van der Waals surface area contributed by atoms with E-state index in [2.05, 4.69) is 10.2 Å². The zero-order valence-electron chi connectivity index (χ0n) is 14.6. The van der Waals surface area contributed by atoms with Crippen molar-refractivity contribution < 1.29 is 13.2 Å². The van der Waals surface area contributed by atoms with Crippen LogP contribution in [0, 0.1) is 0 Å². The molecule has 8 heteroatoms. The Morgan fingerprint density at radius 2 is 1.72 bits per heavy atom. The summed E-state index contributed by atoms with van der Waals surface area (Å²) in [6.45, 7) is 1.02. The van der Waals surface area contributed by atoms with Gasteiger partial charge in [-0.15, -0.1) is 11.3 Å². The van der Waals surface area contributed by atoms with Gasteiger partial charge in [-0.05, 0) is 36.7 Å². The lowest BCUT2D eigenvalue weighted by Crippen LogP contribution is -2.37. The summed E-state index contributed by atoms with van der Waals surface area (Å²) in [5, 5.41) is 4.45. The molecule has 2 rings (SSSR count). The zero-order chi connectivity index (χ0) is 18.4. The molecular formula is C17H23N3O3S2. The Kier molecular flexibility index (Phi) is 6.71. The molecule has 1 heterocycles. The summed E-state index contributed by atoms with van der Waals surface area (Å²) in [6, 6.07) is 11.2. The topological polar surface area (TPSA) is 69.7 Å². The second kappa shape index (κ2) is 8.57. The summed E-state index contributed by atoms with van der Waals surface area (Å²) in [6.07, 6.45) is 0. The number of likely N-dealkylation sites (N-methyl/N-ethyl adjacent to an activating group) is 1. The van der Waals surface area contributed by atoms with Gasteiger partial charge in [0.1, 0.15) is 4.21 Å². The molecule has 0 atom stereocenters. The van der Waals surface area contributed by atoms with Gasteiger partial charge >= 0.3 is 0 Å². The number of carbonyl (C=O) groups excluding carboxylic acids is 1. The molecule has 0 bridgehead atoms. The van der Waals surface area contributed by atoms with E-state index >= 15 is 0 Å². The quantitative estimate of drug-likeness (QED) is 0.756. The minimum atomic E-state index is -3.60. The molecule has 0 spiro atoms. The number of nitrogens with one attached hydrogen (secondary N) is 1. The molecule has 1 aromatic carbocycles. The van der Waals surface area contributed by atoms with Crippen molar-refractivity contribution >= 4 is 27.3 Å². The van der Waals surface area contributed by atoms with Crippen LogP contribution >= 0.6 is 11.3 Å². The number of benzene rings is 1. The predicted molar refractivity (Wildman–Crippen MR) is 99.8 cm³/mol. The Bertz CT molecular complexity index is 785. The van der Waals surface area contributed by atoms with Crippen LogP contribution in [0.1, 0.15) is 11.1 Å². The zero-order valence-corrected chi connectivity index (χ0v) is 16.2. The van der Waals surface area contributed by atoms with Crippen molar-refractivity contribution in [1.29, 1.82) is 0 Å². The van der Waals surface area contributed by atoms with E-state index in [4.69, 9.17) is 0 Å². The second-order valence-electron chi connectivity index (χ2n) is 6.02. The van der Waals surface area contributed by atoms with E-state index in [-0.39, 0.29) is 16.7 Å². The third-order valence-electron chi connectivity index (χ3n) is 3.54. The molecule has 0 unspecified atom stereocenters. The number of hydrogen-bond donors (Lipinski definition) is 1. The highest BCUT2D eigenvalue weighted by molar-refractivity contribution is 7.91. The summed E-state index contributed by atoms with van der Waals surface area (Å²) in [5.74, 6) is -0.333. The van der Waals surface area contributed by atoms with Crippen LogP contribution in [0.2, 0.25) is 0 Å². The van der Waals surface area contributed by atoms with E-state index in [1.165, 1.54) is 18.7 Å². The summed E-state index contributed by atoms with van der Waals surface area (Å²) in [5.41, 5.74) is 2.17. The molecule has 2 aromatic rings. The monoisotopic (exact) mass is 381 g/mol. The van der Waals surface area contributed by atoms with Crippen molar-refractivity contribution in [3.63, 3.8) is 0 Å². The Balaban J connectivity index is 1.86. The van der Waals surface area contributed by atoms with E-state index in [0.29, 0.717) is 6.54 Å². The van der Waals surface area contributed by atoms with Crippen molar-refractivity contribution in [3.05, 3.63) is 52.9 Å². The fourth-order valence-electron chi connectivity index (χ4n) is 2.24. The number of carbonyl (C=O) groups is 1. The second-order valence-corrected chi connectivity index (χ2v) is 9.24. The summed E-state index contributed by atoms with van der Waals surface area (Å²) >= 11 is 1.14. The van der Waals surface area contributed by atoms with E-state index < -0.39 is 10.0 Å². The first-order valence-corrected chi connectivity index (χ1v) is 10.1. The van der Waals surface area contributed by atoms with Crippen LogP contribution in [0.15, 0.2) is 46.0 Å². The fourth-order valence-corrected chi connectivity index (χ4v) is 4.56. The van der Waals surface area contributed by atoms with Crippen molar-refractivity contribution in [1.82, 2.24) is 14.5 Å². The molecule has 0 aliphatic carbocycles. The number of hydrogen-bond acceptors (Lipinski definition) is 5. The Labute approximate surface area is 153 Å². The lowest BCUT2D eigenvalue weighted by atomic mass is 10.1. The standard InChI is InChI=1S/C17H23N3O3S2/c1-19(2)12-15-8-6-14(7-9-15)11-18-16(21)13-20(3)25(22,23)17-5-4-10-24-17/h4-10H,11-13H2,1-3H3,(H,18,21). The van der Waals surface area contributed by atoms with Gasteiger partial charge in [-0.25, -0.2) is 8.42 Å². The molecule has 0 fully saturated rings. The maximum atomic E-state index is 12.3. The van der Waals surface area contributed by atoms with Gasteiger partial charge in [0.2, 0.25) is 5.91 Å². The molecule has 0 radical (unpaired) electrons. The van der Waals surface area contributed by atoms with Gasteiger partial charge in [-0.2, -0.15) is 4.31 Å². The lowest BCUT2D eigenvalue weighted by Gasteiger charge is -2.16.